The molecule has 1 aromatic carbocycles. The molecule has 10 heteroatoms. The fourth-order valence-corrected chi connectivity index (χ4v) is 4.46. The Bertz CT molecular complexity index is 969. The van der Waals surface area contributed by atoms with E-state index in [0.29, 0.717) is 39.0 Å². The summed E-state index contributed by atoms with van der Waals surface area (Å²) in [5.74, 6) is 0.874. The van der Waals surface area contributed by atoms with E-state index in [0.717, 1.165) is 11.1 Å². The highest BCUT2D eigenvalue weighted by Crippen LogP contribution is 2.32. The number of thioether (sulfide) groups is 1. The average molecular weight is 442 g/mol. The Kier molecular flexibility index (Phi) is 6.92. The second-order valence-corrected chi connectivity index (χ2v) is 9.09. The predicted molar refractivity (Wildman–Crippen MR) is 115 cm³/mol. The molecule has 0 bridgehead atoms. The van der Waals surface area contributed by atoms with Crippen LogP contribution < -0.4 is 11.1 Å². The molecule has 0 aliphatic rings. The Hall–Kier alpha value is -1.68. The minimum atomic E-state index is -0.439. The van der Waals surface area contributed by atoms with Crippen LogP contribution in [0.2, 0.25) is 5.02 Å². The van der Waals surface area contributed by atoms with Crippen LogP contribution in [0.3, 0.4) is 0 Å². The number of nitrogen functional groups attached to an aromatic ring is 1. The van der Waals surface area contributed by atoms with Gasteiger partial charge in [-0.3, -0.25) is 0 Å². The Morgan fingerprint density at radius 3 is 2.82 bits per heavy atom. The van der Waals surface area contributed by atoms with Gasteiger partial charge >= 0.3 is 0 Å². The number of nitrogens with two attached hydrogens (primary N) is 1. The maximum Gasteiger partial charge on any atom is 0.191 e. The molecule has 0 aliphatic carbocycles. The fraction of sp³-hybridized carbons (Fsp3) is 0.389. The molecular weight excluding hydrogens is 421 g/mol. The summed E-state index contributed by atoms with van der Waals surface area (Å²) in [6.07, 6.45) is 0.784. The van der Waals surface area contributed by atoms with Gasteiger partial charge in [-0.1, -0.05) is 60.7 Å². The molecule has 1 unspecified atom stereocenters. The number of aliphatic hydroxyl groups excluding tert-OH is 1. The number of halogens is 2. The molecule has 0 radical (unpaired) electrons. The summed E-state index contributed by atoms with van der Waals surface area (Å²) in [5, 5.41) is 13.9. The van der Waals surface area contributed by atoms with Crippen LogP contribution in [0.5, 0.6) is 0 Å². The topological polar surface area (TPSA) is 97.0 Å². The molecule has 6 nitrogen and oxygen atoms in total. The van der Waals surface area contributed by atoms with Crippen molar-refractivity contribution in [2.75, 3.05) is 17.7 Å². The monoisotopic (exact) mass is 441 g/mol. The first-order valence-corrected chi connectivity index (χ1v) is 10.9. The predicted octanol–water partition coefficient (Wildman–Crippen LogP) is 4.57. The highest BCUT2D eigenvalue weighted by atomic mass is 35.5. The van der Waals surface area contributed by atoms with E-state index in [1.807, 2.05) is 0 Å². The van der Waals surface area contributed by atoms with E-state index in [2.05, 4.69) is 34.1 Å². The molecule has 0 spiro atoms. The van der Waals surface area contributed by atoms with Gasteiger partial charge in [-0.05, 0) is 24.0 Å². The highest BCUT2D eigenvalue weighted by molar-refractivity contribution is 7.98. The third-order valence-corrected chi connectivity index (χ3v) is 6.02. The molecule has 0 aliphatic heterocycles. The summed E-state index contributed by atoms with van der Waals surface area (Å²) < 4.78 is 14.9. The number of fused-ring (bicyclic) bond motifs is 1. The number of nitrogens with one attached hydrogen (secondary N) is 1. The summed E-state index contributed by atoms with van der Waals surface area (Å²) in [6, 6.07) is 4.75. The minimum Gasteiger partial charge on any atom is -0.394 e. The van der Waals surface area contributed by atoms with Crippen molar-refractivity contribution in [2.24, 2.45) is 5.92 Å². The lowest BCUT2D eigenvalue weighted by atomic mass is 10.0. The molecule has 28 heavy (non-hydrogen) atoms. The lowest BCUT2D eigenvalue weighted by Gasteiger charge is -2.19. The molecule has 0 amide bonds. The van der Waals surface area contributed by atoms with Crippen molar-refractivity contribution in [2.45, 2.75) is 37.2 Å². The first kappa shape index (κ1) is 21.0. The summed E-state index contributed by atoms with van der Waals surface area (Å²) in [4.78, 5) is 13.2. The van der Waals surface area contributed by atoms with Crippen molar-refractivity contribution < 1.29 is 9.50 Å². The molecule has 2 aromatic heterocycles. The molecular formula is C18H21ClFN5OS2. The summed E-state index contributed by atoms with van der Waals surface area (Å²) >= 11 is 8.42. The quantitative estimate of drug-likeness (QED) is 0.348. The number of benzene rings is 1. The summed E-state index contributed by atoms with van der Waals surface area (Å²) in [5.41, 5.74) is 6.80. The summed E-state index contributed by atoms with van der Waals surface area (Å²) in [6.45, 7) is 4.16. The van der Waals surface area contributed by atoms with E-state index in [9.17, 15) is 9.50 Å². The van der Waals surface area contributed by atoms with Crippen LogP contribution >= 0.6 is 34.7 Å². The zero-order valence-corrected chi connectivity index (χ0v) is 17.8. The maximum atomic E-state index is 14.1. The van der Waals surface area contributed by atoms with Gasteiger partial charge in [0, 0.05) is 5.75 Å². The first-order valence-electron chi connectivity index (χ1n) is 8.74. The normalized spacial score (nSPS) is 12.6. The first-order chi connectivity index (χ1) is 13.4. The Morgan fingerprint density at radius 2 is 2.11 bits per heavy atom. The Balaban J connectivity index is 1.87. The van der Waals surface area contributed by atoms with Crippen LogP contribution in [-0.4, -0.2) is 32.7 Å². The van der Waals surface area contributed by atoms with E-state index in [4.69, 9.17) is 17.3 Å². The summed E-state index contributed by atoms with van der Waals surface area (Å²) in [7, 11) is 0. The zero-order valence-electron chi connectivity index (χ0n) is 15.4. The van der Waals surface area contributed by atoms with Gasteiger partial charge in [0.15, 0.2) is 21.8 Å². The van der Waals surface area contributed by atoms with Crippen molar-refractivity contribution in [3.8, 4) is 0 Å². The molecule has 3 aromatic rings. The van der Waals surface area contributed by atoms with Crippen molar-refractivity contribution in [1.29, 1.82) is 0 Å². The van der Waals surface area contributed by atoms with Crippen molar-refractivity contribution in [3.63, 3.8) is 0 Å². The van der Waals surface area contributed by atoms with Gasteiger partial charge in [-0.25, -0.2) is 19.3 Å². The van der Waals surface area contributed by atoms with E-state index < -0.39 is 5.82 Å². The van der Waals surface area contributed by atoms with Crippen LogP contribution in [0.15, 0.2) is 23.4 Å². The molecule has 150 valence electrons. The molecule has 0 saturated carbocycles. The third-order valence-electron chi connectivity index (χ3n) is 3.96. The lowest BCUT2D eigenvalue weighted by Crippen LogP contribution is -2.26. The van der Waals surface area contributed by atoms with Crippen molar-refractivity contribution >= 4 is 56.0 Å². The average Bonchev–Trinajstić information content (AvgIpc) is 3.02. The second-order valence-electron chi connectivity index (χ2n) is 6.71. The van der Waals surface area contributed by atoms with Gasteiger partial charge in [0.25, 0.3) is 0 Å². The van der Waals surface area contributed by atoms with Crippen molar-refractivity contribution in [3.05, 3.63) is 34.6 Å². The number of hydrogen-bond acceptors (Lipinski definition) is 8. The Labute approximate surface area is 175 Å². The van der Waals surface area contributed by atoms with E-state index in [-0.39, 0.29) is 17.7 Å². The highest BCUT2D eigenvalue weighted by Gasteiger charge is 2.17. The Morgan fingerprint density at radius 1 is 1.32 bits per heavy atom. The van der Waals surface area contributed by atoms with Gasteiger partial charge < -0.3 is 16.2 Å². The largest absolute Gasteiger partial charge is 0.394 e. The van der Waals surface area contributed by atoms with Crippen LogP contribution in [-0.2, 0) is 5.75 Å². The second kappa shape index (κ2) is 9.21. The number of aliphatic hydroxyl groups is 1. The van der Waals surface area contributed by atoms with Gasteiger partial charge in [-0.2, -0.15) is 0 Å². The standard InChI is InChI=1S/C18H21ClFN5OS2/c1-9(2)6-11(7-26)22-15-14-16(23-17(21)28-14)25-18(24-15)27-8-10-4-3-5-12(19)13(10)20/h3-5,9,11,26H,6-8H2,1-2H3,(H3,21,22,23,24,25). The van der Waals surface area contributed by atoms with Crippen molar-refractivity contribution in [1.82, 2.24) is 15.0 Å². The molecule has 0 saturated heterocycles. The number of hydrogen-bond donors (Lipinski definition) is 3. The molecule has 1 atom stereocenters. The van der Waals surface area contributed by atoms with Gasteiger partial charge in [0.2, 0.25) is 0 Å². The van der Waals surface area contributed by atoms with Gasteiger partial charge in [0.1, 0.15) is 10.5 Å². The van der Waals surface area contributed by atoms with E-state index >= 15 is 0 Å². The van der Waals surface area contributed by atoms with Gasteiger partial charge in [0.05, 0.1) is 17.7 Å². The zero-order chi connectivity index (χ0) is 20.3. The third kappa shape index (κ3) is 5.02. The number of aromatic nitrogens is 3. The van der Waals surface area contributed by atoms with Crippen LogP contribution in [0, 0.1) is 11.7 Å². The van der Waals surface area contributed by atoms with Crippen LogP contribution in [0.4, 0.5) is 15.3 Å². The van der Waals surface area contributed by atoms with E-state index in [1.165, 1.54) is 29.2 Å². The molecule has 4 N–H and O–H groups in total. The smallest absolute Gasteiger partial charge is 0.191 e. The molecule has 3 rings (SSSR count). The van der Waals surface area contributed by atoms with Crippen LogP contribution in [0.1, 0.15) is 25.8 Å². The van der Waals surface area contributed by atoms with Gasteiger partial charge in [-0.15, -0.1) is 0 Å². The molecule has 0 fully saturated rings. The number of thiazole rings is 1. The maximum absolute atomic E-state index is 14.1. The fourth-order valence-electron chi connectivity index (χ4n) is 2.73. The number of anilines is 2. The number of rotatable bonds is 8. The lowest BCUT2D eigenvalue weighted by molar-refractivity contribution is 0.259. The van der Waals surface area contributed by atoms with Crippen LogP contribution in [0.25, 0.3) is 10.3 Å². The molecule has 2 heterocycles. The number of nitrogens with zero attached hydrogens (tertiary/aromatic N) is 3. The SMILES string of the molecule is CC(C)CC(CO)Nc1nc(SCc2cccc(Cl)c2F)nc2nc(N)sc12. The minimum absolute atomic E-state index is 0.0197. The van der Waals surface area contributed by atoms with E-state index in [1.54, 1.807) is 12.1 Å².